The van der Waals surface area contributed by atoms with Crippen LogP contribution < -0.4 is 0 Å². The van der Waals surface area contributed by atoms with Crippen molar-refractivity contribution in [1.29, 1.82) is 0 Å². The summed E-state index contributed by atoms with van der Waals surface area (Å²) in [7, 11) is 0. The third kappa shape index (κ3) is 7.82. The largest absolute Gasteiger partial charge is 0.285 e. The van der Waals surface area contributed by atoms with Crippen LogP contribution in [-0.2, 0) is 30.0 Å². The summed E-state index contributed by atoms with van der Waals surface area (Å²) < 4.78 is -1.31. The Morgan fingerprint density at radius 2 is 0.909 bits per heavy atom. The van der Waals surface area contributed by atoms with Crippen LogP contribution in [0.25, 0.3) is 0 Å². The van der Waals surface area contributed by atoms with Gasteiger partial charge in [0.25, 0.3) is 0 Å². The van der Waals surface area contributed by atoms with Crippen molar-refractivity contribution in [3.05, 3.63) is 144 Å². The molecular weight excluding hydrogens is 816 g/mol. The van der Waals surface area contributed by atoms with Gasteiger partial charge in [-0.15, -0.1) is 0 Å². The van der Waals surface area contributed by atoms with E-state index in [2.05, 4.69) is 63.7 Å². The summed E-state index contributed by atoms with van der Waals surface area (Å²) in [5.74, 6) is -0.195. The topological polar surface area (TPSA) is 68.3 Å². The number of carbonyl (C=O) groups excluding carboxylic acids is 4. The third-order valence-corrected chi connectivity index (χ3v) is 10.5. The van der Waals surface area contributed by atoms with Gasteiger partial charge in [0.1, 0.15) is 10.8 Å². The zero-order chi connectivity index (χ0) is 32.3. The second kappa shape index (κ2) is 16.7. The summed E-state index contributed by atoms with van der Waals surface area (Å²) in [4.78, 5) is 49.8. The van der Waals surface area contributed by atoms with Crippen LogP contribution in [0.2, 0.25) is 0 Å². The first-order valence-electron chi connectivity index (χ1n) is 14.0. The molecule has 44 heavy (non-hydrogen) atoms. The molecule has 4 aromatic rings. The monoisotopic (exact) mass is 844 g/mol. The molecule has 2 atom stereocenters. The Kier molecular flexibility index (Phi) is 13.6. The second-order valence-electron chi connectivity index (χ2n) is 10.4. The van der Waals surface area contributed by atoms with Crippen molar-refractivity contribution < 1.29 is 19.2 Å². The fourth-order valence-electron chi connectivity index (χ4n) is 5.62. The molecule has 0 aromatic heterocycles. The smallest absolute Gasteiger partial charge is 0.217 e. The van der Waals surface area contributed by atoms with Crippen molar-refractivity contribution in [2.24, 2.45) is 0 Å². The molecule has 8 heteroatoms. The van der Waals surface area contributed by atoms with Crippen LogP contribution in [0.1, 0.15) is 60.8 Å². The first-order chi connectivity index (χ1) is 21.0. The van der Waals surface area contributed by atoms with E-state index in [0.717, 1.165) is 11.1 Å². The summed E-state index contributed by atoms with van der Waals surface area (Å²) in [6.07, 6.45) is 1.06. The van der Waals surface area contributed by atoms with E-state index < -0.39 is 10.8 Å². The average molecular weight is 848 g/mol. The van der Waals surface area contributed by atoms with E-state index in [1.807, 2.05) is 135 Å². The standard InChI is InChI=1S/2C18H16Br2O2/c1-13(14-8-4-2-5-9-14)12-18(16(19)21,17(20)22)15-10-6-3-7-11-15;1-2-15(13-9-5-3-6-10-13)18(16(19)21,17(20)22)14-11-7-4-8-12-14/h2-11,13H,12H2,1H3;3-12,15H,2H2,1H3. The van der Waals surface area contributed by atoms with Crippen molar-refractivity contribution in [1.82, 2.24) is 0 Å². The van der Waals surface area contributed by atoms with Crippen molar-refractivity contribution in [3.8, 4) is 0 Å². The second-order valence-corrected chi connectivity index (χ2v) is 13.3. The molecule has 0 saturated carbocycles. The highest BCUT2D eigenvalue weighted by Gasteiger charge is 2.51. The molecule has 4 nitrogen and oxygen atoms in total. The molecule has 0 bridgehead atoms. The molecule has 228 valence electrons. The minimum Gasteiger partial charge on any atom is -0.285 e. The van der Waals surface area contributed by atoms with Crippen molar-refractivity contribution >= 4 is 82.5 Å². The molecule has 0 aliphatic carbocycles. The van der Waals surface area contributed by atoms with Gasteiger partial charge in [0, 0.05) is 5.92 Å². The predicted octanol–water partition coefficient (Wildman–Crippen LogP) is 9.92. The molecule has 4 rings (SSSR count). The third-order valence-electron chi connectivity index (χ3n) is 7.90. The fraction of sp³-hybridized carbons (Fsp3) is 0.222. The number of carbonyl (C=O) groups is 4. The maximum absolute atomic E-state index is 12.5. The highest BCUT2D eigenvalue weighted by Crippen LogP contribution is 2.46. The van der Waals surface area contributed by atoms with E-state index >= 15 is 0 Å². The zero-order valence-corrected chi connectivity index (χ0v) is 30.6. The average Bonchev–Trinajstić information content (AvgIpc) is 3.03. The Balaban J connectivity index is 0.000000240. The highest BCUT2D eigenvalue weighted by molar-refractivity contribution is 9.19. The Morgan fingerprint density at radius 3 is 1.27 bits per heavy atom. The van der Waals surface area contributed by atoms with E-state index in [-0.39, 0.29) is 30.6 Å². The normalized spacial score (nSPS) is 12.7. The lowest BCUT2D eigenvalue weighted by molar-refractivity contribution is -0.127. The minimum atomic E-state index is -1.28. The van der Waals surface area contributed by atoms with Gasteiger partial charge >= 0.3 is 0 Å². The van der Waals surface area contributed by atoms with Gasteiger partial charge in [-0.05, 0) is 105 Å². The molecule has 0 saturated heterocycles. The Morgan fingerprint density at radius 1 is 0.545 bits per heavy atom. The first kappa shape index (κ1) is 36.0. The number of rotatable bonds is 12. The van der Waals surface area contributed by atoms with Crippen LogP contribution >= 0.6 is 63.7 Å². The number of benzene rings is 4. The lowest BCUT2D eigenvalue weighted by Gasteiger charge is -2.35. The van der Waals surface area contributed by atoms with E-state index in [1.165, 1.54) is 0 Å². The van der Waals surface area contributed by atoms with Gasteiger partial charge in [-0.1, -0.05) is 135 Å². The molecule has 0 aliphatic rings. The number of halogens is 4. The lowest BCUT2D eigenvalue weighted by atomic mass is 9.68. The number of hydrogen-bond donors (Lipinski definition) is 0. The van der Waals surface area contributed by atoms with Crippen LogP contribution in [0.5, 0.6) is 0 Å². The summed E-state index contributed by atoms with van der Waals surface area (Å²) in [5, 5.41) is 0. The van der Waals surface area contributed by atoms with Gasteiger partial charge < -0.3 is 0 Å². The summed E-state index contributed by atoms with van der Waals surface area (Å²) >= 11 is 12.3. The number of hydrogen-bond acceptors (Lipinski definition) is 4. The molecular formula is C36H32Br4O4. The van der Waals surface area contributed by atoms with Crippen LogP contribution in [0, 0.1) is 0 Å². The summed E-state index contributed by atoms with van der Waals surface area (Å²) in [6.45, 7) is 4.01. The lowest BCUT2D eigenvalue weighted by Crippen LogP contribution is -2.44. The molecule has 0 radical (unpaired) electrons. The van der Waals surface area contributed by atoms with E-state index in [1.54, 1.807) is 0 Å². The van der Waals surface area contributed by atoms with E-state index in [0.29, 0.717) is 24.0 Å². The fourth-order valence-corrected chi connectivity index (χ4v) is 8.67. The van der Waals surface area contributed by atoms with Crippen LogP contribution in [-0.4, -0.2) is 18.8 Å². The van der Waals surface area contributed by atoms with E-state index in [4.69, 9.17) is 0 Å². The van der Waals surface area contributed by atoms with Crippen LogP contribution in [0.15, 0.2) is 121 Å². The quantitative estimate of drug-likeness (QED) is 0.105. The first-order valence-corrected chi connectivity index (χ1v) is 17.2. The van der Waals surface area contributed by atoms with Crippen molar-refractivity contribution in [2.45, 2.75) is 49.4 Å². The van der Waals surface area contributed by atoms with Gasteiger partial charge in [0.15, 0.2) is 0 Å². The molecule has 0 fully saturated rings. The molecule has 2 unspecified atom stereocenters. The SMILES string of the molecule is CC(CC(C(=O)Br)(C(=O)Br)c1ccccc1)c1ccccc1.CCC(c1ccccc1)C(C(=O)Br)(C(=O)Br)c1ccccc1. The van der Waals surface area contributed by atoms with Crippen LogP contribution in [0.4, 0.5) is 0 Å². The molecule has 0 heterocycles. The van der Waals surface area contributed by atoms with Gasteiger partial charge in [-0.3, -0.25) is 19.2 Å². The summed E-state index contributed by atoms with van der Waals surface area (Å²) in [6, 6.07) is 37.9. The zero-order valence-electron chi connectivity index (χ0n) is 24.3. The Labute approximate surface area is 292 Å². The highest BCUT2D eigenvalue weighted by atomic mass is 79.9. The van der Waals surface area contributed by atoms with Crippen LogP contribution in [0.3, 0.4) is 0 Å². The molecule has 0 spiro atoms. The van der Waals surface area contributed by atoms with E-state index in [9.17, 15) is 19.2 Å². The molecule has 0 aliphatic heterocycles. The minimum absolute atomic E-state index is 0.0596. The maximum atomic E-state index is 12.5. The Bertz CT molecular complexity index is 1520. The summed E-state index contributed by atoms with van der Waals surface area (Å²) in [5.41, 5.74) is 0.948. The molecule has 0 N–H and O–H groups in total. The van der Waals surface area contributed by atoms with Gasteiger partial charge in [-0.2, -0.15) is 0 Å². The van der Waals surface area contributed by atoms with Gasteiger partial charge in [0.2, 0.25) is 18.8 Å². The van der Waals surface area contributed by atoms with Crippen molar-refractivity contribution in [2.75, 3.05) is 0 Å². The predicted molar refractivity (Wildman–Crippen MR) is 191 cm³/mol. The van der Waals surface area contributed by atoms with Crippen molar-refractivity contribution in [3.63, 3.8) is 0 Å². The maximum Gasteiger partial charge on any atom is 0.217 e. The molecule has 4 aromatic carbocycles. The van der Waals surface area contributed by atoms with Gasteiger partial charge in [-0.25, -0.2) is 0 Å². The Hall–Kier alpha value is -2.52. The molecule has 0 amide bonds. The van der Waals surface area contributed by atoms with Gasteiger partial charge in [0.05, 0.1) is 0 Å².